The van der Waals surface area contributed by atoms with Crippen molar-refractivity contribution < 1.29 is 14.0 Å². The van der Waals surface area contributed by atoms with Gasteiger partial charge in [0.1, 0.15) is 11.2 Å². The molecule has 4 rings (SSSR count). The first-order chi connectivity index (χ1) is 12.6. The molecule has 0 radical (unpaired) electrons. The number of hydrogen-bond donors (Lipinski definition) is 1. The molecule has 2 aliphatic carbocycles. The van der Waals surface area contributed by atoms with Gasteiger partial charge in [0.2, 0.25) is 11.8 Å². The number of nitrogens with zero attached hydrogens (tertiary/aromatic N) is 2. The van der Waals surface area contributed by atoms with E-state index >= 15 is 0 Å². The summed E-state index contributed by atoms with van der Waals surface area (Å²) in [6, 6.07) is 6.70. The van der Waals surface area contributed by atoms with E-state index in [0.29, 0.717) is 39.0 Å². The van der Waals surface area contributed by atoms with Crippen molar-refractivity contribution in [2.75, 3.05) is 31.1 Å². The number of carbonyl (C=O) groups is 2. The molecule has 140 valence electrons. The molecule has 0 atom stereocenters. The highest BCUT2D eigenvalue weighted by Crippen LogP contribution is 2.48. The second-order valence-electron chi connectivity index (χ2n) is 7.79. The fourth-order valence-electron chi connectivity index (χ4n) is 4.18. The van der Waals surface area contributed by atoms with Crippen molar-refractivity contribution >= 4 is 17.5 Å². The number of rotatable bonds is 4. The van der Waals surface area contributed by atoms with Crippen LogP contribution in [-0.2, 0) is 9.59 Å². The van der Waals surface area contributed by atoms with Crippen molar-refractivity contribution in [3.05, 3.63) is 30.1 Å². The molecule has 3 fully saturated rings. The number of hydrogen-bond acceptors (Lipinski definition) is 3. The summed E-state index contributed by atoms with van der Waals surface area (Å²) in [6.07, 6.45) is 5.73. The van der Waals surface area contributed by atoms with Crippen LogP contribution in [0.4, 0.5) is 10.1 Å². The molecule has 1 aromatic rings. The third kappa shape index (κ3) is 3.29. The van der Waals surface area contributed by atoms with E-state index < -0.39 is 5.41 Å². The molecule has 1 aliphatic heterocycles. The predicted molar refractivity (Wildman–Crippen MR) is 97.3 cm³/mol. The molecule has 1 heterocycles. The lowest BCUT2D eigenvalue weighted by atomic mass is 10.0. The van der Waals surface area contributed by atoms with Crippen molar-refractivity contribution in [1.82, 2.24) is 10.2 Å². The molecule has 2 amide bonds. The van der Waals surface area contributed by atoms with Gasteiger partial charge in [-0.3, -0.25) is 9.59 Å². The number of benzene rings is 1. The smallest absolute Gasteiger partial charge is 0.238 e. The van der Waals surface area contributed by atoms with Gasteiger partial charge in [-0.05, 0) is 49.9 Å². The minimum atomic E-state index is -0.805. The number of carbonyl (C=O) groups excluding carboxylic acids is 2. The zero-order valence-electron chi connectivity index (χ0n) is 15.0. The van der Waals surface area contributed by atoms with Crippen LogP contribution in [0.3, 0.4) is 0 Å². The first-order valence-corrected chi connectivity index (χ1v) is 9.69. The minimum absolute atomic E-state index is 0.00764. The van der Waals surface area contributed by atoms with E-state index in [1.165, 1.54) is 12.1 Å². The van der Waals surface area contributed by atoms with Gasteiger partial charge in [-0.1, -0.05) is 12.8 Å². The van der Waals surface area contributed by atoms with E-state index in [1.807, 2.05) is 4.90 Å². The lowest BCUT2D eigenvalue weighted by molar-refractivity contribution is -0.144. The van der Waals surface area contributed by atoms with E-state index in [0.717, 1.165) is 31.4 Å². The van der Waals surface area contributed by atoms with Gasteiger partial charge >= 0.3 is 0 Å². The van der Waals surface area contributed by atoms with Crippen LogP contribution in [0, 0.1) is 11.2 Å². The molecular weight excluding hydrogens is 333 g/mol. The molecule has 1 N–H and O–H groups in total. The van der Waals surface area contributed by atoms with E-state index in [9.17, 15) is 14.0 Å². The standard InChI is InChI=1S/C20H26FN3O2/c21-15-5-7-17(8-6-15)23-11-13-24(14-12-23)19(26)20(9-10-20)18(25)22-16-3-1-2-4-16/h5-8,16H,1-4,9-14H2,(H,22,25). The molecule has 1 aromatic carbocycles. The summed E-state index contributed by atoms with van der Waals surface area (Å²) in [6.45, 7) is 2.62. The van der Waals surface area contributed by atoms with E-state index in [-0.39, 0.29) is 23.7 Å². The second-order valence-corrected chi connectivity index (χ2v) is 7.79. The van der Waals surface area contributed by atoms with Crippen LogP contribution in [0.2, 0.25) is 0 Å². The van der Waals surface area contributed by atoms with Crippen molar-refractivity contribution in [3.63, 3.8) is 0 Å². The molecule has 3 aliphatic rings. The molecular formula is C20H26FN3O2. The second kappa shape index (κ2) is 6.89. The van der Waals surface area contributed by atoms with Crippen molar-refractivity contribution in [2.45, 2.75) is 44.6 Å². The van der Waals surface area contributed by atoms with Crippen molar-refractivity contribution in [3.8, 4) is 0 Å². The highest BCUT2D eigenvalue weighted by atomic mass is 19.1. The Labute approximate surface area is 153 Å². The summed E-state index contributed by atoms with van der Waals surface area (Å²) in [5.41, 5.74) is 0.166. The first-order valence-electron chi connectivity index (χ1n) is 9.69. The van der Waals surface area contributed by atoms with Gasteiger partial charge in [0.05, 0.1) is 0 Å². The van der Waals surface area contributed by atoms with Crippen LogP contribution >= 0.6 is 0 Å². The molecule has 0 spiro atoms. The van der Waals surface area contributed by atoms with Crippen molar-refractivity contribution in [2.24, 2.45) is 5.41 Å². The van der Waals surface area contributed by atoms with E-state index in [4.69, 9.17) is 0 Å². The molecule has 2 saturated carbocycles. The predicted octanol–water partition coefficient (Wildman–Crippen LogP) is 2.31. The molecule has 5 nitrogen and oxygen atoms in total. The Morgan fingerprint density at radius 2 is 1.62 bits per heavy atom. The summed E-state index contributed by atoms with van der Waals surface area (Å²) >= 11 is 0. The third-order valence-electron chi connectivity index (χ3n) is 6.04. The summed E-state index contributed by atoms with van der Waals surface area (Å²) in [5.74, 6) is -0.311. The number of anilines is 1. The zero-order chi connectivity index (χ0) is 18.1. The van der Waals surface area contributed by atoms with Crippen LogP contribution in [0.5, 0.6) is 0 Å². The summed E-state index contributed by atoms with van der Waals surface area (Å²) < 4.78 is 13.1. The van der Waals surface area contributed by atoms with Crippen LogP contribution in [0.15, 0.2) is 24.3 Å². The topological polar surface area (TPSA) is 52.7 Å². The van der Waals surface area contributed by atoms with Crippen LogP contribution < -0.4 is 10.2 Å². The molecule has 0 bridgehead atoms. The van der Waals surface area contributed by atoms with E-state index in [2.05, 4.69) is 10.2 Å². The monoisotopic (exact) mass is 359 g/mol. The fourth-order valence-corrected chi connectivity index (χ4v) is 4.18. The maximum Gasteiger partial charge on any atom is 0.238 e. The number of amides is 2. The molecule has 1 saturated heterocycles. The maximum absolute atomic E-state index is 13.1. The lowest BCUT2D eigenvalue weighted by Crippen LogP contribution is -2.54. The molecule has 26 heavy (non-hydrogen) atoms. The van der Waals surface area contributed by atoms with Crippen LogP contribution in [-0.4, -0.2) is 48.9 Å². The zero-order valence-corrected chi connectivity index (χ0v) is 15.0. The summed E-state index contributed by atoms with van der Waals surface area (Å²) in [5, 5.41) is 3.11. The van der Waals surface area contributed by atoms with Gasteiger partial charge in [0, 0.05) is 37.9 Å². The van der Waals surface area contributed by atoms with E-state index in [1.54, 1.807) is 12.1 Å². The Balaban J connectivity index is 1.34. The Bertz CT molecular complexity index is 673. The normalized spacial score (nSPS) is 22.3. The SMILES string of the molecule is O=C(NC1CCCC1)C1(C(=O)N2CCN(c3ccc(F)cc3)CC2)CC1. The van der Waals surface area contributed by atoms with Crippen LogP contribution in [0.25, 0.3) is 0 Å². The average Bonchev–Trinajstić information content (AvgIpc) is 3.33. The number of nitrogens with one attached hydrogen (secondary N) is 1. The van der Waals surface area contributed by atoms with Gasteiger partial charge in [-0.15, -0.1) is 0 Å². The Morgan fingerprint density at radius 1 is 1.00 bits per heavy atom. The van der Waals surface area contributed by atoms with Gasteiger partial charge in [-0.25, -0.2) is 4.39 Å². The Hall–Kier alpha value is -2.11. The molecule has 6 heteroatoms. The minimum Gasteiger partial charge on any atom is -0.368 e. The van der Waals surface area contributed by atoms with Crippen LogP contribution in [0.1, 0.15) is 38.5 Å². The summed E-state index contributed by atoms with van der Waals surface area (Å²) in [7, 11) is 0. The Kier molecular flexibility index (Phi) is 4.59. The highest BCUT2D eigenvalue weighted by Gasteiger charge is 2.58. The maximum atomic E-state index is 13.1. The Morgan fingerprint density at radius 3 is 2.19 bits per heavy atom. The fraction of sp³-hybridized carbons (Fsp3) is 0.600. The lowest BCUT2D eigenvalue weighted by Gasteiger charge is -2.37. The summed E-state index contributed by atoms with van der Waals surface area (Å²) in [4.78, 5) is 29.7. The average molecular weight is 359 g/mol. The number of piperazine rings is 1. The quantitative estimate of drug-likeness (QED) is 0.840. The highest BCUT2D eigenvalue weighted by molar-refractivity contribution is 6.08. The number of halogens is 1. The van der Waals surface area contributed by atoms with Gasteiger partial charge in [-0.2, -0.15) is 0 Å². The molecule has 0 aromatic heterocycles. The van der Waals surface area contributed by atoms with Gasteiger partial charge < -0.3 is 15.1 Å². The van der Waals surface area contributed by atoms with Crippen molar-refractivity contribution in [1.29, 1.82) is 0 Å². The molecule has 0 unspecified atom stereocenters. The largest absolute Gasteiger partial charge is 0.368 e. The van der Waals surface area contributed by atoms with Gasteiger partial charge in [0.25, 0.3) is 0 Å². The first kappa shape index (κ1) is 17.3. The van der Waals surface area contributed by atoms with Gasteiger partial charge in [0.15, 0.2) is 0 Å². The third-order valence-corrected chi connectivity index (χ3v) is 6.04.